The first kappa shape index (κ1) is 14.3. The Bertz CT molecular complexity index is 706. The molecule has 2 amide bonds. The van der Waals surface area contributed by atoms with Crippen LogP contribution in [0.25, 0.3) is 0 Å². The molecule has 0 saturated heterocycles. The van der Waals surface area contributed by atoms with Gasteiger partial charge in [0.2, 0.25) is 0 Å². The van der Waals surface area contributed by atoms with E-state index in [2.05, 4.69) is 10.2 Å². The number of rotatable bonds is 2. The van der Waals surface area contributed by atoms with Crippen molar-refractivity contribution in [2.45, 2.75) is 13.0 Å². The third-order valence-electron chi connectivity index (χ3n) is 3.85. The molecule has 2 aromatic rings. The summed E-state index contributed by atoms with van der Waals surface area (Å²) < 4.78 is 0. The molecule has 1 aromatic heterocycles. The van der Waals surface area contributed by atoms with Gasteiger partial charge in [-0.3, -0.25) is 14.7 Å². The molecule has 0 aliphatic carbocycles. The van der Waals surface area contributed by atoms with Crippen LogP contribution in [0.1, 0.15) is 32.1 Å². The van der Waals surface area contributed by atoms with Crippen molar-refractivity contribution < 1.29 is 9.59 Å². The molecule has 0 spiro atoms. The van der Waals surface area contributed by atoms with Crippen molar-refractivity contribution >= 4 is 11.8 Å². The SMILES string of the molecule is CN(C)C(=O)c1n[nH]c2c1CN(C(=O)c1ccccc1)CC2. The molecule has 1 aliphatic rings. The molecule has 0 atom stereocenters. The standard InChI is InChI=1S/C16H18N4O2/c1-19(2)16(22)14-12-10-20(9-8-13(12)17-18-14)15(21)11-6-4-3-5-7-11/h3-7H,8-10H2,1-2H3,(H,17,18). The Morgan fingerprint density at radius 2 is 1.95 bits per heavy atom. The van der Waals surface area contributed by atoms with E-state index in [1.54, 1.807) is 31.1 Å². The number of fused-ring (bicyclic) bond motifs is 1. The smallest absolute Gasteiger partial charge is 0.274 e. The van der Waals surface area contributed by atoms with Gasteiger partial charge in [-0.2, -0.15) is 5.10 Å². The van der Waals surface area contributed by atoms with Gasteiger partial charge in [0.1, 0.15) is 0 Å². The first-order valence-corrected chi connectivity index (χ1v) is 7.20. The molecule has 1 aromatic carbocycles. The second-order valence-electron chi connectivity index (χ2n) is 5.57. The predicted molar refractivity (Wildman–Crippen MR) is 81.5 cm³/mol. The van der Waals surface area contributed by atoms with Gasteiger partial charge in [-0.15, -0.1) is 0 Å². The number of aromatic amines is 1. The molecule has 0 unspecified atom stereocenters. The zero-order chi connectivity index (χ0) is 15.7. The first-order valence-electron chi connectivity index (χ1n) is 7.20. The van der Waals surface area contributed by atoms with Gasteiger partial charge in [-0.25, -0.2) is 0 Å². The van der Waals surface area contributed by atoms with Gasteiger partial charge in [-0.1, -0.05) is 18.2 Å². The van der Waals surface area contributed by atoms with Crippen molar-refractivity contribution in [3.8, 4) is 0 Å². The van der Waals surface area contributed by atoms with Crippen LogP contribution >= 0.6 is 0 Å². The molecule has 0 saturated carbocycles. The zero-order valence-corrected chi connectivity index (χ0v) is 12.7. The average Bonchev–Trinajstić information content (AvgIpc) is 2.97. The van der Waals surface area contributed by atoms with Crippen LogP contribution in [0.5, 0.6) is 0 Å². The molecule has 3 rings (SSSR count). The van der Waals surface area contributed by atoms with Crippen LogP contribution in [0.4, 0.5) is 0 Å². The highest BCUT2D eigenvalue weighted by Gasteiger charge is 2.28. The van der Waals surface area contributed by atoms with E-state index in [0.29, 0.717) is 30.8 Å². The molecular weight excluding hydrogens is 280 g/mol. The molecule has 6 nitrogen and oxygen atoms in total. The fraction of sp³-hybridized carbons (Fsp3) is 0.312. The van der Waals surface area contributed by atoms with E-state index in [9.17, 15) is 9.59 Å². The summed E-state index contributed by atoms with van der Waals surface area (Å²) in [5.41, 5.74) is 2.84. The number of benzene rings is 1. The summed E-state index contributed by atoms with van der Waals surface area (Å²) in [6.45, 7) is 1.03. The van der Waals surface area contributed by atoms with E-state index in [0.717, 1.165) is 11.3 Å². The van der Waals surface area contributed by atoms with Gasteiger partial charge in [0.05, 0.1) is 6.54 Å². The van der Waals surface area contributed by atoms with Crippen LogP contribution in [-0.2, 0) is 13.0 Å². The molecule has 1 aliphatic heterocycles. The van der Waals surface area contributed by atoms with E-state index >= 15 is 0 Å². The molecule has 1 N–H and O–H groups in total. The summed E-state index contributed by atoms with van der Waals surface area (Å²) in [7, 11) is 3.39. The van der Waals surface area contributed by atoms with E-state index in [4.69, 9.17) is 0 Å². The van der Waals surface area contributed by atoms with Crippen LogP contribution in [-0.4, -0.2) is 52.5 Å². The highest BCUT2D eigenvalue weighted by Crippen LogP contribution is 2.22. The first-order chi connectivity index (χ1) is 10.6. The van der Waals surface area contributed by atoms with E-state index in [-0.39, 0.29) is 11.8 Å². The largest absolute Gasteiger partial charge is 0.343 e. The van der Waals surface area contributed by atoms with Crippen LogP contribution < -0.4 is 0 Å². The Hall–Kier alpha value is -2.63. The zero-order valence-electron chi connectivity index (χ0n) is 12.7. The fourth-order valence-corrected chi connectivity index (χ4v) is 2.62. The van der Waals surface area contributed by atoms with E-state index in [1.165, 1.54) is 4.90 Å². The second kappa shape index (κ2) is 5.63. The highest BCUT2D eigenvalue weighted by molar-refractivity contribution is 5.96. The lowest BCUT2D eigenvalue weighted by molar-refractivity contribution is 0.0727. The maximum Gasteiger partial charge on any atom is 0.274 e. The average molecular weight is 298 g/mol. The molecule has 0 fully saturated rings. The number of aromatic nitrogens is 2. The van der Waals surface area contributed by atoms with Gasteiger partial charge in [0.15, 0.2) is 5.69 Å². The van der Waals surface area contributed by atoms with Crippen molar-refractivity contribution in [3.63, 3.8) is 0 Å². The monoisotopic (exact) mass is 298 g/mol. The second-order valence-corrected chi connectivity index (χ2v) is 5.57. The van der Waals surface area contributed by atoms with Crippen molar-refractivity contribution in [3.05, 3.63) is 52.8 Å². The lowest BCUT2D eigenvalue weighted by Gasteiger charge is -2.27. The Morgan fingerprint density at radius 3 is 2.64 bits per heavy atom. The molecule has 0 bridgehead atoms. The minimum atomic E-state index is -0.147. The lowest BCUT2D eigenvalue weighted by atomic mass is 10.0. The summed E-state index contributed by atoms with van der Waals surface area (Å²) in [5, 5.41) is 7.06. The lowest BCUT2D eigenvalue weighted by Crippen LogP contribution is -2.36. The van der Waals surface area contributed by atoms with Crippen molar-refractivity contribution in [1.29, 1.82) is 0 Å². The van der Waals surface area contributed by atoms with Gasteiger partial charge in [-0.05, 0) is 12.1 Å². The van der Waals surface area contributed by atoms with E-state index in [1.807, 2.05) is 18.2 Å². The minimum Gasteiger partial charge on any atom is -0.343 e. The summed E-state index contributed by atoms with van der Waals surface area (Å²) in [6.07, 6.45) is 0.682. The molecule has 114 valence electrons. The van der Waals surface area contributed by atoms with Crippen LogP contribution in [0, 0.1) is 0 Å². The van der Waals surface area contributed by atoms with Crippen molar-refractivity contribution in [2.75, 3.05) is 20.6 Å². The minimum absolute atomic E-state index is 0.0179. The summed E-state index contributed by atoms with van der Waals surface area (Å²) in [6, 6.07) is 9.19. The molecule has 2 heterocycles. The Balaban J connectivity index is 1.86. The predicted octanol–water partition coefficient (Wildman–Crippen LogP) is 1.31. The normalized spacial score (nSPS) is 13.6. The van der Waals surface area contributed by atoms with Crippen molar-refractivity contribution in [2.24, 2.45) is 0 Å². The number of nitrogens with one attached hydrogen (secondary N) is 1. The maximum absolute atomic E-state index is 12.5. The molecule has 22 heavy (non-hydrogen) atoms. The number of carbonyl (C=O) groups excluding carboxylic acids is 2. The Morgan fingerprint density at radius 1 is 1.23 bits per heavy atom. The number of H-pyrrole nitrogens is 1. The molecular formula is C16H18N4O2. The number of nitrogens with zero attached hydrogens (tertiary/aromatic N) is 3. The molecule has 6 heteroatoms. The molecule has 0 radical (unpaired) electrons. The van der Waals surface area contributed by atoms with Crippen LogP contribution in [0.2, 0.25) is 0 Å². The summed E-state index contributed by atoms with van der Waals surface area (Å²) in [5.74, 6) is -0.165. The van der Waals surface area contributed by atoms with Crippen molar-refractivity contribution in [1.82, 2.24) is 20.0 Å². The van der Waals surface area contributed by atoms with Gasteiger partial charge in [0.25, 0.3) is 11.8 Å². The van der Waals surface area contributed by atoms with Gasteiger partial charge in [0, 0.05) is 43.9 Å². The summed E-state index contributed by atoms with van der Waals surface area (Å²) >= 11 is 0. The summed E-state index contributed by atoms with van der Waals surface area (Å²) in [4.78, 5) is 28.0. The number of hydrogen-bond acceptors (Lipinski definition) is 3. The van der Waals surface area contributed by atoms with Crippen LogP contribution in [0.15, 0.2) is 30.3 Å². The topological polar surface area (TPSA) is 69.3 Å². The van der Waals surface area contributed by atoms with Gasteiger partial charge >= 0.3 is 0 Å². The number of hydrogen-bond donors (Lipinski definition) is 1. The van der Waals surface area contributed by atoms with E-state index < -0.39 is 0 Å². The fourth-order valence-electron chi connectivity index (χ4n) is 2.62. The van der Waals surface area contributed by atoms with Crippen LogP contribution in [0.3, 0.4) is 0 Å². The number of carbonyl (C=O) groups is 2. The Labute approximate surface area is 128 Å². The number of amides is 2. The van der Waals surface area contributed by atoms with Gasteiger partial charge < -0.3 is 9.80 Å². The Kier molecular flexibility index (Phi) is 3.66. The third-order valence-corrected chi connectivity index (χ3v) is 3.85. The highest BCUT2D eigenvalue weighted by atomic mass is 16.2. The maximum atomic E-state index is 12.5. The quantitative estimate of drug-likeness (QED) is 0.909. The third kappa shape index (κ3) is 2.47.